The van der Waals surface area contributed by atoms with Crippen LogP contribution in [0.5, 0.6) is 11.5 Å². The number of halogens is 3. The predicted molar refractivity (Wildman–Crippen MR) is 121 cm³/mol. The van der Waals surface area contributed by atoms with Gasteiger partial charge in [0.05, 0.1) is 37.4 Å². The predicted octanol–water partition coefficient (Wildman–Crippen LogP) is 4.45. The lowest BCUT2D eigenvalue weighted by Gasteiger charge is -2.22. The maximum atomic E-state index is 12.4. The fourth-order valence-electron chi connectivity index (χ4n) is 2.93. The summed E-state index contributed by atoms with van der Waals surface area (Å²) in [5.41, 5.74) is 1.05. The molecule has 0 radical (unpaired) electrons. The first-order chi connectivity index (χ1) is 16.6. The third-order valence-corrected chi connectivity index (χ3v) is 5.07. The summed E-state index contributed by atoms with van der Waals surface area (Å²) in [6, 6.07) is 10.7. The van der Waals surface area contributed by atoms with Gasteiger partial charge in [-0.05, 0) is 42.5 Å². The molecule has 3 aromatic rings. The molecule has 1 N–H and O–H groups in total. The van der Waals surface area contributed by atoms with E-state index in [9.17, 15) is 26.7 Å². The number of methoxy groups -OCH3 is 2. The Hall–Kier alpha value is -4.08. The van der Waals surface area contributed by atoms with E-state index in [1.54, 1.807) is 0 Å². The molecule has 1 atom stereocenters. The summed E-state index contributed by atoms with van der Waals surface area (Å²) in [5.74, 6) is 4.54. The molecule has 1 heterocycles. The first kappa shape index (κ1) is 25.5. The number of hydrogen-bond acceptors (Lipinski definition) is 6. The monoisotopic (exact) mass is 506 g/mol. The van der Waals surface area contributed by atoms with Crippen LogP contribution in [0, 0.1) is 11.8 Å². The van der Waals surface area contributed by atoms with Gasteiger partial charge in [-0.25, -0.2) is 13.3 Å². The Morgan fingerprint density at radius 2 is 1.80 bits per heavy atom. The quantitative estimate of drug-likeness (QED) is 0.300. The van der Waals surface area contributed by atoms with Crippen molar-refractivity contribution in [1.29, 1.82) is 0 Å². The molecule has 3 rings (SSSR count). The van der Waals surface area contributed by atoms with Gasteiger partial charge in [-0.2, -0.15) is 0 Å². The molecule has 12 heteroatoms. The van der Waals surface area contributed by atoms with E-state index in [-0.39, 0.29) is 28.3 Å². The Labute approximate surface area is 200 Å². The topological polar surface area (TPSA) is 98.2 Å². The van der Waals surface area contributed by atoms with Crippen LogP contribution in [0.25, 0.3) is 0 Å². The van der Waals surface area contributed by atoms with Gasteiger partial charge in [-0.15, -0.1) is 13.2 Å². The summed E-state index contributed by atoms with van der Waals surface area (Å²) in [6.45, 7) is 0. The van der Waals surface area contributed by atoms with Crippen molar-refractivity contribution in [3.63, 3.8) is 0 Å². The summed E-state index contributed by atoms with van der Waals surface area (Å²) in [6.07, 6.45) is -2.14. The number of nitrogens with zero attached hydrogens (tertiary/aromatic N) is 2. The molecule has 0 bridgehead atoms. The molecule has 0 aliphatic carbocycles. The van der Waals surface area contributed by atoms with Gasteiger partial charge in [0.1, 0.15) is 11.5 Å². The lowest BCUT2D eigenvalue weighted by molar-refractivity contribution is -0.274. The molecule has 1 aromatic heterocycles. The Morgan fingerprint density at radius 3 is 2.46 bits per heavy atom. The summed E-state index contributed by atoms with van der Waals surface area (Å²) < 4.78 is 74.3. The fraction of sp³-hybridized carbons (Fsp3) is 0.130. The maximum Gasteiger partial charge on any atom is 0.573 e. The van der Waals surface area contributed by atoms with Crippen molar-refractivity contribution in [2.24, 2.45) is 0 Å². The average Bonchev–Trinajstić information content (AvgIpc) is 2.82. The molecule has 0 spiro atoms. The zero-order chi connectivity index (χ0) is 25.6. The molecule has 0 saturated heterocycles. The van der Waals surface area contributed by atoms with Gasteiger partial charge in [-0.1, -0.05) is 17.9 Å². The number of alkyl halides is 3. The minimum Gasteiger partial charge on any atom is -0.495 e. The Bertz CT molecular complexity index is 1320. The van der Waals surface area contributed by atoms with E-state index in [0.717, 1.165) is 16.4 Å². The number of esters is 1. The fourth-order valence-corrected chi connectivity index (χ4v) is 3.53. The molecule has 0 fully saturated rings. The van der Waals surface area contributed by atoms with Crippen molar-refractivity contribution in [3.8, 4) is 23.3 Å². The van der Waals surface area contributed by atoms with Gasteiger partial charge >= 0.3 is 12.3 Å². The van der Waals surface area contributed by atoms with Crippen LogP contribution in [0.4, 0.5) is 24.5 Å². The van der Waals surface area contributed by atoms with E-state index in [4.69, 9.17) is 4.74 Å². The molecule has 0 saturated carbocycles. The van der Waals surface area contributed by atoms with Crippen LogP contribution >= 0.6 is 0 Å². The second-order valence-corrected chi connectivity index (χ2v) is 7.49. The van der Waals surface area contributed by atoms with Crippen LogP contribution in [0.1, 0.15) is 21.5 Å². The first-order valence-electron chi connectivity index (χ1n) is 9.61. The van der Waals surface area contributed by atoms with Gasteiger partial charge in [0.15, 0.2) is 0 Å². The van der Waals surface area contributed by atoms with Crippen LogP contribution < -0.4 is 13.8 Å². The normalized spacial score (nSPS) is 11.6. The van der Waals surface area contributed by atoms with Gasteiger partial charge in [0.2, 0.25) is 0 Å². The zero-order valence-electron chi connectivity index (χ0n) is 18.2. The summed E-state index contributed by atoms with van der Waals surface area (Å²) in [5, 5.41) is 0. The Morgan fingerprint density at radius 1 is 1.06 bits per heavy atom. The van der Waals surface area contributed by atoms with Crippen LogP contribution in [-0.4, -0.2) is 40.3 Å². The summed E-state index contributed by atoms with van der Waals surface area (Å²) in [4.78, 5) is 15.8. The van der Waals surface area contributed by atoms with Crippen LogP contribution in [-0.2, 0) is 16.0 Å². The number of anilines is 2. The Balaban J connectivity index is 1.95. The van der Waals surface area contributed by atoms with Gasteiger partial charge in [-0.3, -0.25) is 9.54 Å². The largest absolute Gasteiger partial charge is 0.573 e. The van der Waals surface area contributed by atoms with Crippen molar-refractivity contribution in [3.05, 3.63) is 77.6 Å². The van der Waals surface area contributed by atoms with Gasteiger partial charge in [0, 0.05) is 17.3 Å². The minimum atomic E-state index is -4.83. The van der Waals surface area contributed by atoms with E-state index in [1.807, 2.05) is 0 Å². The van der Waals surface area contributed by atoms with E-state index >= 15 is 0 Å². The zero-order valence-corrected chi connectivity index (χ0v) is 19.0. The molecule has 0 aliphatic rings. The molecular weight excluding hydrogens is 489 g/mol. The molecular formula is C23H17F3N2O6S. The highest BCUT2D eigenvalue weighted by molar-refractivity contribution is 7.81. The van der Waals surface area contributed by atoms with Crippen molar-refractivity contribution in [2.45, 2.75) is 6.36 Å². The third kappa shape index (κ3) is 6.72. The molecule has 0 amide bonds. The summed E-state index contributed by atoms with van der Waals surface area (Å²) >= 11 is -2.57. The van der Waals surface area contributed by atoms with Crippen molar-refractivity contribution in [1.82, 2.24) is 4.98 Å². The van der Waals surface area contributed by atoms with Gasteiger partial charge < -0.3 is 14.2 Å². The third-order valence-electron chi connectivity index (χ3n) is 4.35. The van der Waals surface area contributed by atoms with Crippen LogP contribution in [0.15, 0.2) is 60.9 Å². The highest BCUT2D eigenvalue weighted by atomic mass is 32.2. The van der Waals surface area contributed by atoms with E-state index in [0.29, 0.717) is 5.56 Å². The highest BCUT2D eigenvalue weighted by Gasteiger charge is 2.31. The molecule has 1 unspecified atom stereocenters. The van der Waals surface area contributed by atoms with Gasteiger partial charge in [0.25, 0.3) is 11.3 Å². The van der Waals surface area contributed by atoms with E-state index < -0.39 is 29.3 Å². The standard InChI is InChI=1S/C23H17F3N2O6S/c1-32-21-12-17(22(29)33-2)8-9-20(21)28(35(30)31)18-10-16(13-27-14-18)7-6-15-4-3-5-19(11-15)34-23(24,25)26/h3-5,8-14H,1-2H3,(H,30,31). The van der Waals surface area contributed by atoms with Crippen LogP contribution in [0.3, 0.4) is 0 Å². The smallest absolute Gasteiger partial charge is 0.495 e. The number of benzene rings is 2. The maximum absolute atomic E-state index is 12.4. The lowest BCUT2D eigenvalue weighted by atomic mass is 10.1. The molecule has 2 aromatic carbocycles. The molecule has 35 heavy (non-hydrogen) atoms. The lowest BCUT2D eigenvalue weighted by Crippen LogP contribution is -2.20. The van der Waals surface area contributed by atoms with E-state index in [2.05, 4.69) is 26.3 Å². The number of carbonyl (C=O) groups excluding carboxylic acids is 1. The van der Waals surface area contributed by atoms with E-state index in [1.165, 1.54) is 63.0 Å². The minimum absolute atomic E-state index is 0.119. The number of hydrogen-bond donors (Lipinski definition) is 1. The molecule has 0 aliphatic heterocycles. The number of pyridine rings is 1. The number of carbonyl (C=O) groups is 1. The molecule has 8 nitrogen and oxygen atoms in total. The van der Waals surface area contributed by atoms with Crippen LogP contribution in [0.2, 0.25) is 0 Å². The highest BCUT2D eigenvalue weighted by Crippen LogP contribution is 2.35. The number of ether oxygens (including phenoxy) is 3. The van der Waals surface area contributed by atoms with Crippen molar-refractivity contribution >= 4 is 28.6 Å². The summed E-state index contributed by atoms with van der Waals surface area (Å²) in [7, 11) is 2.55. The average molecular weight is 506 g/mol. The SMILES string of the molecule is COC(=O)c1ccc(N(c2cncc(C#Cc3cccc(OC(F)(F)F)c3)c2)S(=O)O)c(OC)c1. The number of aromatic nitrogens is 1. The number of rotatable bonds is 6. The van der Waals surface area contributed by atoms with Crippen molar-refractivity contribution < 1.29 is 40.9 Å². The second kappa shape index (κ2) is 10.9. The molecule has 182 valence electrons. The Kier molecular flexibility index (Phi) is 7.95. The second-order valence-electron chi connectivity index (χ2n) is 6.66. The first-order valence-corrected chi connectivity index (χ1v) is 10.7. The van der Waals surface area contributed by atoms with Crippen molar-refractivity contribution in [2.75, 3.05) is 18.5 Å².